The molecule has 1 spiro atoms. The minimum Gasteiger partial charge on any atom is -0.299 e. The number of hydrogen-bond acceptors (Lipinski definition) is 3. The molecule has 2 heterocycles. The molecule has 0 aromatic heterocycles. The molecule has 1 aliphatic carbocycles. The van der Waals surface area contributed by atoms with E-state index in [0.29, 0.717) is 11.1 Å². The fraction of sp³-hybridized carbons (Fsp3) is 0.462. The molecule has 1 N–H and O–H groups in total. The van der Waals surface area contributed by atoms with E-state index in [4.69, 9.17) is 16.6 Å². The maximum Gasteiger partial charge on any atom is 0.328 e. The van der Waals surface area contributed by atoms with E-state index in [1.165, 1.54) is 24.8 Å². The lowest BCUT2D eigenvalue weighted by molar-refractivity contribution is 0.184. The topological polar surface area (TPSA) is 47.9 Å². The average molecular weight is 451 g/mol. The van der Waals surface area contributed by atoms with Gasteiger partial charge in [0, 0.05) is 30.3 Å². The summed E-state index contributed by atoms with van der Waals surface area (Å²) in [6.07, 6.45) is 7.70. The molecule has 3 fully saturated rings. The van der Waals surface area contributed by atoms with E-state index in [1.807, 2.05) is 29.2 Å². The summed E-state index contributed by atoms with van der Waals surface area (Å²) in [5.74, 6) is 0.869. The molecule has 2 aliphatic heterocycles. The zero-order chi connectivity index (χ0) is 22.0. The second-order valence-corrected chi connectivity index (χ2v) is 9.74. The number of aliphatic imine (C=N–C) groups is 1. The Labute approximate surface area is 195 Å². The first-order valence-electron chi connectivity index (χ1n) is 11.9. The molecule has 1 saturated carbocycles. The lowest BCUT2D eigenvalue weighted by Gasteiger charge is -2.44. The van der Waals surface area contributed by atoms with Crippen LogP contribution in [0.15, 0.2) is 59.6 Å². The Balaban J connectivity index is 1.44. The number of rotatable bonds is 4. The molecule has 6 heteroatoms. The van der Waals surface area contributed by atoms with Crippen molar-refractivity contribution in [3.8, 4) is 0 Å². The number of amides is 2. The summed E-state index contributed by atoms with van der Waals surface area (Å²) in [5, 5.41) is 3.81. The van der Waals surface area contributed by atoms with Gasteiger partial charge in [0.2, 0.25) is 0 Å². The predicted octanol–water partition coefficient (Wildman–Crippen LogP) is 5.64. The van der Waals surface area contributed by atoms with Crippen molar-refractivity contribution in [2.24, 2.45) is 4.99 Å². The Morgan fingerprint density at radius 3 is 2.47 bits per heavy atom. The number of carbonyl (C=O) groups is 1. The van der Waals surface area contributed by atoms with Crippen molar-refractivity contribution in [3.63, 3.8) is 0 Å². The fourth-order valence-corrected chi connectivity index (χ4v) is 5.67. The van der Waals surface area contributed by atoms with Gasteiger partial charge in [0.1, 0.15) is 11.4 Å². The van der Waals surface area contributed by atoms with E-state index in [2.05, 4.69) is 40.5 Å². The number of carbonyl (C=O) groups excluding carboxylic acids is 1. The molecule has 2 amide bonds. The third-order valence-corrected chi connectivity index (χ3v) is 7.42. The molecule has 0 radical (unpaired) electrons. The van der Waals surface area contributed by atoms with Crippen LogP contribution in [0.1, 0.15) is 50.5 Å². The van der Waals surface area contributed by atoms with Gasteiger partial charge in [-0.2, -0.15) is 0 Å². The largest absolute Gasteiger partial charge is 0.328 e. The van der Waals surface area contributed by atoms with Crippen molar-refractivity contribution in [2.45, 2.75) is 63.1 Å². The van der Waals surface area contributed by atoms with Gasteiger partial charge in [0.05, 0.1) is 6.04 Å². The van der Waals surface area contributed by atoms with Crippen molar-refractivity contribution < 1.29 is 4.79 Å². The monoisotopic (exact) mass is 450 g/mol. The number of urea groups is 1. The van der Waals surface area contributed by atoms with Crippen molar-refractivity contribution >= 4 is 29.2 Å². The Morgan fingerprint density at radius 1 is 1.00 bits per heavy atom. The highest BCUT2D eigenvalue weighted by atomic mass is 35.5. The van der Waals surface area contributed by atoms with Gasteiger partial charge in [-0.25, -0.2) is 4.79 Å². The van der Waals surface area contributed by atoms with Gasteiger partial charge >= 0.3 is 6.03 Å². The van der Waals surface area contributed by atoms with Crippen LogP contribution in [0.3, 0.4) is 0 Å². The number of nitrogens with one attached hydrogen (secondary N) is 1. The molecule has 168 valence electrons. The summed E-state index contributed by atoms with van der Waals surface area (Å²) in [7, 11) is 0. The third-order valence-electron chi connectivity index (χ3n) is 7.18. The van der Waals surface area contributed by atoms with Gasteiger partial charge in [-0.15, -0.1) is 0 Å². The minimum absolute atomic E-state index is 0.0849. The normalized spacial score (nSPS) is 23.1. The molecular formula is C26H31ClN4O. The van der Waals surface area contributed by atoms with Crippen LogP contribution in [0, 0.1) is 0 Å². The van der Waals surface area contributed by atoms with Crippen LogP contribution in [0.5, 0.6) is 0 Å². The van der Waals surface area contributed by atoms with Crippen molar-refractivity contribution in [1.29, 1.82) is 0 Å². The standard InChI is InChI=1S/C26H31ClN4O/c27-21-10-7-13-23(18-21)31-25(32)29-24(28-22-11-5-2-6-12-22)26(31)14-16-30(17-15-26)19-20-8-3-1-4-9-20/h1,3-4,7-10,13,18,22H,2,5-6,11-12,14-17,19H2,(H,28,29,32). The summed E-state index contributed by atoms with van der Waals surface area (Å²) in [4.78, 5) is 22.8. The van der Waals surface area contributed by atoms with Crippen molar-refractivity contribution in [3.05, 3.63) is 65.2 Å². The zero-order valence-electron chi connectivity index (χ0n) is 18.5. The van der Waals surface area contributed by atoms with Gasteiger partial charge in [-0.1, -0.05) is 67.3 Å². The van der Waals surface area contributed by atoms with Crippen LogP contribution < -0.4 is 10.2 Å². The minimum atomic E-state index is -0.424. The molecule has 0 unspecified atom stereocenters. The Hall–Kier alpha value is -2.37. The number of likely N-dealkylation sites (tertiary alicyclic amines) is 1. The number of halogens is 1. The molecule has 5 rings (SSSR count). The summed E-state index contributed by atoms with van der Waals surface area (Å²) in [6, 6.07) is 18.5. The third kappa shape index (κ3) is 4.28. The van der Waals surface area contributed by atoms with Crippen molar-refractivity contribution in [2.75, 3.05) is 18.0 Å². The quantitative estimate of drug-likeness (QED) is 0.655. The highest BCUT2D eigenvalue weighted by Gasteiger charge is 2.53. The Morgan fingerprint density at radius 2 is 1.75 bits per heavy atom. The van der Waals surface area contributed by atoms with Crippen LogP contribution in [0.2, 0.25) is 5.02 Å². The van der Waals surface area contributed by atoms with Crippen LogP contribution in [0.4, 0.5) is 10.5 Å². The highest BCUT2D eigenvalue weighted by Crippen LogP contribution is 2.39. The second-order valence-electron chi connectivity index (χ2n) is 9.31. The van der Waals surface area contributed by atoms with Crippen LogP contribution >= 0.6 is 11.6 Å². The number of benzene rings is 2. The first-order valence-corrected chi connectivity index (χ1v) is 12.2. The SMILES string of the molecule is O=C1NC(=NC2CCCCC2)C2(CCN(Cc3ccccc3)CC2)N1c1cccc(Cl)c1. The molecule has 5 nitrogen and oxygen atoms in total. The highest BCUT2D eigenvalue weighted by molar-refractivity contribution is 6.31. The van der Waals surface area contributed by atoms with E-state index in [1.54, 1.807) is 0 Å². The Kier molecular flexibility index (Phi) is 6.20. The molecule has 0 bridgehead atoms. The second kappa shape index (κ2) is 9.24. The molecule has 32 heavy (non-hydrogen) atoms. The first kappa shape index (κ1) is 21.5. The molecule has 0 atom stereocenters. The van der Waals surface area contributed by atoms with E-state index < -0.39 is 5.54 Å². The number of anilines is 1. The number of amidine groups is 1. The summed E-state index contributed by atoms with van der Waals surface area (Å²) in [6.45, 7) is 2.78. The fourth-order valence-electron chi connectivity index (χ4n) is 5.48. The lowest BCUT2D eigenvalue weighted by Crippen LogP contribution is -2.57. The first-order chi connectivity index (χ1) is 15.6. The number of hydrogen-bond donors (Lipinski definition) is 1. The molecule has 2 saturated heterocycles. The van der Waals surface area contributed by atoms with E-state index in [0.717, 1.165) is 56.8 Å². The van der Waals surface area contributed by atoms with Crippen LogP contribution in [-0.4, -0.2) is 41.4 Å². The Bertz CT molecular complexity index is 978. The lowest BCUT2D eigenvalue weighted by atomic mass is 9.84. The van der Waals surface area contributed by atoms with Gasteiger partial charge in [0.15, 0.2) is 0 Å². The van der Waals surface area contributed by atoms with E-state index in [9.17, 15) is 4.79 Å². The predicted molar refractivity (Wildman–Crippen MR) is 130 cm³/mol. The maximum absolute atomic E-state index is 13.3. The van der Waals surface area contributed by atoms with E-state index in [-0.39, 0.29) is 6.03 Å². The molecule has 2 aromatic carbocycles. The number of piperidine rings is 1. The average Bonchev–Trinajstić information content (AvgIpc) is 3.07. The van der Waals surface area contributed by atoms with Gasteiger partial charge < -0.3 is 0 Å². The molecule has 3 aliphatic rings. The number of nitrogens with zero attached hydrogens (tertiary/aromatic N) is 3. The van der Waals surface area contributed by atoms with Crippen LogP contribution in [0.25, 0.3) is 0 Å². The summed E-state index contributed by atoms with van der Waals surface area (Å²) in [5.41, 5.74) is 1.75. The molecule has 2 aromatic rings. The van der Waals surface area contributed by atoms with Gasteiger partial charge in [-0.05, 0) is 49.4 Å². The van der Waals surface area contributed by atoms with E-state index >= 15 is 0 Å². The van der Waals surface area contributed by atoms with Crippen molar-refractivity contribution in [1.82, 2.24) is 10.2 Å². The molecular weight excluding hydrogens is 420 g/mol. The maximum atomic E-state index is 13.3. The zero-order valence-corrected chi connectivity index (χ0v) is 19.2. The summed E-state index contributed by atoms with van der Waals surface area (Å²) < 4.78 is 0. The van der Waals surface area contributed by atoms with Gasteiger partial charge in [0.25, 0.3) is 0 Å². The smallest absolute Gasteiger partial charge is 0.299 e. The van der Waals surface area contributed by atoms with Gasteiger partial charge in [-0.3, -0.25) is 20.1 Å². The summed E-state index contributed by atoms with van der Waals surface area (Å²) >= 11 is 6.31. The van der Waals surface area contributed by atoms with Crippen LogP contribution in [-0.2, 0) is 6.54 Å².